The molecule has 0 saturated heterocycles. The third-order valence-electron chi connectivity index (χ3n) is 6.96. The van der Waals surface area contributed by atoms with Gasteiger partial charge in [-0.2, -0.15) is 0 Å². The number of Topliss-reactive ketones (excluding diaryl/α,β-unsaturated/α-hetero) is 2. The molecule has 0 saturated carbocycles. The number of hydrogen-bond donors (Lipinski definition) is 0. The van der Waals surface area contributed by atoms with Crippen molar-refractivity contribution in [3.05, 3.63) is 135 Å². The number of amides is 1. The van der Waals surface area contributed by atoms with Crippen molar-refractivity contribution < 1.29 is 14.4 Å². The molecule has 1 heterocycles. The van der Waals surface area contributed by atoms with Crippen molar-refractivity contribution in [2.24, 2.45) is 0 Å². The van der Waals surface area contributed by atoms with E-state index in [1.54, 1.807) is 35.2 Å². The monoisotopic (exact) mass is 507 g/mol. The Bertz CT molecular complexity index is 1470. The van der Waals surface area contributed by atoms with Crippen LogP contribution < -0.4 is 4.90 Å². The van der Waals surface area contributed by atoms with E-state index in [1.165, 1.54) is 0 Å². The highest BCUT2D eigenvalue weighted by molar-refractivity contribution is 6.30. The van der Waals surface area contributed by atoms with Crippen LogP contribution in [0.2, 0.25) is 5.02 Å². The van der Waals surface area contributed by atoms with Crippen LogP contribution in [0, 0.1) is 13.8 Å². The van der Waals surface area contributed by atoms with Gasteiger partial charge >= 0.3 is 0 Å². The number of carbonyl (C=O) groups excluding carboxylic acids is 3. The molecule has 1 amide bonds. The van der Waals surface area contributed by atoms with E-state index in [1.807, 2.05) is 80.6 Å². The second kappa shape index (κ2) is 10.2. The number of anilines is 1. The Morgan fingerprint density at radius 2 is 1.32 bits per heavy atom. The van der Waals surface area contributed by atoms with Crippen LogP contribution in [-0.2, 0) is 0 Å². The first-order chi connectivity index (χ1) is 17.8. The molecule has 1 aliphatic heterocycles. The first-order valence-corrected chi connectivity index (χ1v) is 12.6. The third kappa shape index (κ3) is 4.85. The van der Waals surface area contributed by atoms with E-state index in [-0.39, 0.29) is 23.9 Å². The van der Waals surface area contributed by atoms with Gasteiger partial charge < -0.3 is 0 Å². The first kappa shape index (κ1) is 24.7. The maximum Gasteiger partial charge on any atom is 0.259 e. The molecule has 0 aliphatic carbocycles. The van der Waals surface area contributed by atoms with E-state index in [4.69, 9.17) is 11.6 Å². The topological polar surface area (TPSA) is 54.5 Å². The fourth-order valence-corrected chi connectivity index (χ4v) is 5.09. The number of fused-ring (bicyclic) bond motifs is 1. The van der Waals surface area contributed by atoms with Crippen molar-refractivity contribution in [1.29, 1.82) is 0 Å². The molecule has 2 atom stereocenters. The molecule has 37 heavy (non-hydrogen) atoms. The highest BCUT2D eigenvalue weighted by Gasteiger charge is 2.45. The lowest BCUT2D eigenvalue weighted by molar-refractivity contribution is 0.0850. The maximum absolute atomic E-state index is 14.1. The van der Waals surface area contributed by atoms with Crippen molar-refractivity contribution in [2.75, 3.05) is 4.90 Å². The Kier molecular flexibility index (Phi) is 6.77. The highest BCUT2D eigenvalue weighted by Crippen LogP contribution is 2.40. The van der Waals surface area contributed by atoms with Crippen LogP contribution in [0.4, 0.5) is 5.69 Å². The van der Waals surface area contributed by atoms with E-state index < -0.39 is 12.0 Å². The van der Waals surface area contributed by atoms with Crippen LogP contribution in [0.5, 0.6) is 0 Å². The lowest BCUT2D eigenvalue weighted by Gasteiger charge is -2.41. The SMILES string of the molecule is Cc1ccc(C(=O)C[C@H]2c3ccccc3C(=O)N(c3ccc(C)cc3)[C@@H]2C(=O)c2ccc(Cl)cc2)cc1. The zero-order valence-corrected chi connectivity index (χ0v) is 21.4. The Morgan fingerprint density at radius 3 is 1.97 bits per heavy atom. The Balaban J connectivity index is 1.66. The van der Waals surface area contributed by atoms with Crippen LogP contribution in [0.1, 0.15) is 60.1 Å². The Labute approximate surface area is 221 Å². The second-order valence-electron chi connectivity index (χ2n) is 9.51. The summed E-state index contributed by atoms with van der Waals surface area (Å²) in [7, 11) is 0. The standard InChI is InChI=1S/C32H26ClNO3/c1-20-7-11-22(12-8-20)29(35)19-28-26-5-3-4-6-27(26)32(37)34(25-17-9-21(2)10-18-25)30(28)31(36)23-13-15-24(33)16-14-23/h3-18,28,30H,19H2,1-2H3/t28-,30-/m0/s1. The summed E-state index contributed by atoms with van der Waals surface area (Å²) in [5.74, 6) is -1.10. The normalized spacial score (nSPS) is 16.8. The minimum atomic E-state index is -0.902. The molecule has 0 radical (unpaired) electrons. The molecule has 1 aliphatic rings. The van der Waals surface area contributed by atoms with Gasteiger partial charge in [-0.1, -0.05) is 77.3 Å². The van der Waals surface area contributed by atoms with E-state index in [2.05, 4.69) is 0 Å². The minimum Gasteiger partial charge on any atom is -0.297 e. The zero-order chi connectivity index (χ0) is 26.1. The average molecular weight is 508 g/mol. The summed E-state index contributed by atoms with van der Waals surface area (Å²) in [6.45, 7) is 3.94. The molecule has 5 heteroatoms. The van der Waals surface area contributed by atoms with Gasteiger partial charge in [0.2, 0.25) is 0 Å². The second-order valence-corrected chi connectivity index (χ2v) is 9.95. The average Bonchev–Trinajstić information content (AvgIpc) is 2.91. The highest BCUT2D eigenvalue weighted by atomic mass is 35.5. The zero-order valence-electron chi connectivity index (χ0n) is 20.6. The molecule has 4 aromatic rings. The van der Waals surface area contributed by atoms with Gasteiger partial charge in [-0.25, -0.2) is 0 Å². The predicted octanol–water partition coefficient (Wildman–Crippen LogP) is 7.23. The van der Waals surface area contributed by atoms with Crippen molar-refractivity contribution >= 4 is 34.8 Å². The lowest BCUT2D eigenvalue weighted by Crippen LogP contribution is -2.53. The largest absolute Gasteiger partial charge is 0.297 e. The summed E-state index contributed by atoms with van der Waals surface area (Å²) in [5, 5.41) is 0.517. The summed E-state index contributed by atoms with van der Waals surface area (Å²) in [5.41, 5.74) is 4.96. The Hall–Kier alpha value is -4.02. The summed E-state index contributed by atoms with van der Waals surface area (Å²) >= 11 is 6.09. The quantitative estimate of drug-likeness (QED) is 0.259. The van der Waals surface area contributed by atoms with Crippen molar-refractivity contribution in [3.8, 4) is 0 Å². The maximum atomic E-state index is 14.1. The van der Waals surface area contributed by atoms with E-state index in [0.29, 0.717) is 33.0 Å². The first-order valence-electron chi connectivity index (χ1n) is 12.2. The molecule has 0 N–H and O–H groups in total. The Morgan fingerprint density at radius 1 is 0.757 bits per heavy atom. The van der Waals surface area contributed by atoms with Gasteiger partial charge in [0.15, 0.2) is 11.6 Å². The van der Waals surface area contributed by atoms with Crippen LogP contribution in [0.15, 0.2) is 97.1 Å². The molecule has 4 nitrogen and oxygen atoms in total. The number of nitrogens with zero attached hydrogens (tertiary/aromatic N) is 1. The van der Waals surface area contributed by atoms with E-state index in [0.717, 1.165) is 11.1 Å². The van der Waals surface area contributed by atoms with Crippen LogP contribution >= 0.6 is 11.6 Å². The van der Waals surface area contributed by atoms with Crippen molar-refractivity contribution in [1.82, 2.24) is 0 Å². The summed E-state index contributed by atoms with van der Waals surface area (Å²) < 4.78 is 0. The molecular formula is C32H26ClNO3. The lowest BCUT2D eigenvalue weighted by atomic mass is 9.76. The molecule has 0 fully saturated rings. The molecule has 4 aromatic carbocycles. The van der Waals surface area contributed by atoms with Gasteiger partial charge in [-0.3, -0.25) is 19.3 Å². The summed E-state index contributed by atoms with van der Waals surface area (Å²) in [6.07, 6.45) is 0.0830. The van der Waals surface area contributed by atoms with Crippen LogP contribution in [0.3, 0.4) is 0 Å². The molecule has 0 bridgehead atoms. The van der Waals surface area contributed by atoms with Gasteiger partial charge in [-0.15, -0.1) is 0 Å². The molecule has 0 aromatic heterocycles. The number of rotatable bonds is 6. The van der Waals surface area contributed by atoms with E-state index >= 15 is 0 Å². The fraction of sp³-hybridized carbons (Fsp3) is 0.156. The third-order valence-corrected chi connectivity index (χ3v) is 7.21. The van der Waals surface area contributed by atoms with Crippen LogP contribution in [0.25, 0.3) is 0 Å². The molecule has 0 spiro atoms. The van der Waals surface area contributed by atoms with Gasteiger partial charge in [0.05, 0.1) is 0 Å². The fourth-order valence-electron chi connectivity index (χ4n) is 4.97. The smallest absolute Gasteiger partial charge is 0.259 e. The molecule has 184 valence electrons. The van der Waals surface area contributed by atoms with Gasteiger partial charge in [0, 0.05) is 39.7 Å². The molecule has 0 unspecified atom stereocenters. The van der Waals surface area contributed by atoms with Gasteiger partial charge in [-0.05, 0) is 61.9 Å². The predicted molar refractivity (Wildman–Crippen MR) is 147 cm³/mol. The summed E-state index contributed by atoms with van der Waals surface area (Å²) in [4.78, 5) is 43.1. The molecule has 5 rings (SSSR count). The van der Waals surface area contributed by atoms with Gasteiger partial charge in [0.1, 0.15) is 6.04 Å². The van der Waals surface area contributed by atoms with E-state index in [9.17, 15) is 14.4 Å². The molecular weight excluding hydrogens is 482 g/mol. The number of carbonyl (C=O) groups is 3. The number of aryl methyl sites for hydroxylation is 2. The number of ketones is 2. The van der Waals surface area contributed by atoms with Crippen molar-refractivity contribution in [3.63, 3.8) is 0 Å². The minimum absolute atomic E-state index is 0.0769. The number of benzene rings is 4. The van der Waals surface area contributed by atoms with Crippen molar-refractivity contribution in [2.45, 2.75) is 32.2 Å². The summed E-state index contributed by atoms with van der Waals surface area (Å²) in [6, 6.07) is 28.0. The number of hydrogen-bond acceptors (Lipinski definition) is 3. The number of halogens is 1. The van der Waals surface area contributed by atoms with Crippen LogP contribution in [-0.4, -0.2) is 23.5 Å². The van der Waals surface area contributed by atoms with Gasteiger partial charge in [0.25, 0.3) is 5.91 Å².